The summed E-state index contributed by atoms with van der Waals surface area (Å²) in [5, 5.41) is 20.9. The zero-order valence-electron chi connectivity index (χ0n) is 13.2. The number of hydrogen-bond donors (Lipinski definition) is 1. The first-order chi connectivity index (χ1) is 12.3. The fraction of sp³-hybridized carbons (Fsp3) is 0.188. The molecule has 0 bridgehead atoms. The molecule has 124 valence electrons. The predicted octanol–water partition coefficient (Wildman–Crippen LogP) is 2.28. The smallest absolute Gasteiger partial charge is 0.200 e. The Morgan fingerprint density at radius 3 is 3.04 bits per heavy atom. The van der Waals surface area contributed by atoms with Crippen LogP contribution >= 0.6 is 11.3 Å². The Bertz CT molecular complexity index is 1020. The average molecular weight is 350 g/mol. The maximum Gasteiger partial charge on any atom is 0.200 e. The Kier molecular flexibility index (Phi) is 3.30. The van der Waals surface area contributed by atoms with Gasteiger partial charge in [-0.05, 0) is 58.1 Å². The van der Waals surface area contributed by atoms with Gasteiger partial charge in [0.1, 0.15) is 5.82 Å². The first kappa shape index (κ1) is 14.3. The number of aromatic nitrogens is 6. The van der Waals surface area contributed by atoms with Gasteiger partial charge < -0.3 is 10.2 Å². The third kappa shape index (κ3) is 2.68. The third-order valence-corrected chi connectivity index (χ3v) is 5.24. The van der Waals surface area contributed by atoms with E-state index in [1.54, 1.807) is 0 Å². The van der Waals surface area contributed by atoms with E-state index in [1.807, 2.05) is 41.8 Å². The molecule has 0 aliphatic carbocycles. The number of anilines is 3. The number of nitrogens with zero attached hydrogens (tertiary/aromatic N) is 7. The second kappa shape index (κ2) is 5.78. The van der Waals surface area contributed by atoms with Gasteiger partial charge in [-0.15, -0.1) is 26.2 Å². The van der Waals surface area contributed by atoms with Crippen molar-refractivity contribution in [3.05, 3.63) is 52.3 Å². The molecular formula is C16H14N8S. The summed E-state index contributed by atoms with van der Waals surface area (Å²) in [4.78, 5) is 8.41. The van der Waals surface area contributed by atoms with Crippen LogP contribution in [0.1, 0.15) is 10.4 Å². The fourth-order valence-corrected chi connectivity index (χ4v) is 3.84. The molecule has 4 aromatic heterocycles. The minimum atomic E-state index is 0.608. The maximum absolute atomic E-state index is 4.60. The molecule has 8 nitrogen and oxygen atoms in total. The topological polar surface area (TPSA) is 84.1 Å². The van der Waals surface area contributed by atoms with E-state index in [1.165, 1.54) is 15.1 Å². The Labute approximate surface area is 147 Å². The normalized spacial score (nSPS) is 13.8. The number of pyridine rings is 1. The van der Waals surface area contributed by atoms with Crippen LogP contribution < -0.4 is 10.2 Å². The summed E-state index contributed by atoms with van der Waals surface area (Å²) in [5.74, 6) is 1.65. The minimum Gasteiger partial charge on any atom is -0.352 e. The summed E-state index contributed by atoms with van der Waals surface area (Å²) in [7, 11) is 0. The van der Waals surface area contributed by atoms with E-state index in [0.29, 0.717) is 11.5 Å². The van der Waals surface area contributed by atoms with Gasteiger partial charge in [0.05, 0.1) is 11.9 Å². The lowest BCUT2D eigenvalue weighted by Gasteiger charge is -2.28. The van der Waals surface area contributed by atoms with Gasteiger partial charge in [0.2, 0.25) is 0 Å². The van der Waals surface area contributed by atoms with Crippen LogP contribution in [0.5, 0.6) is 0 Å². The lowest BCUT2D eigenvalue weighted by Crippen LogP contribution is -2.29. The highest BCUT2D eigenvalue weighted by Gasteiger charge is 2.18. The first-order valence-electron chi connectivity index (χ1n) is 7.94. The molecular weight excluding hydrogens is 336 g/mol. The van der Waals surface area contributed by atoms with Crippen LogP contribution in [-0.2, 0) is 13.0 Å². The quantitative estimate of drug-likeness (QED) is 0.607. The lowest BCUT2D eigenvalue weighted by atomic mass is 10.1. The maximum atomic E-state index is 4.60. The highest BCUT2D eigenvalue weighted by atomic mass is 32.1. The van der Waals surface area contributed by atoms with E-state index in [4.69, 9.17) is 0 Å². The average Bonchev–Trinajstić information content (AvgIpc) is 3.30. The lowest BCUT2D eigenvalue weighted by molar-refractivity contribution is 0.732. The van der Waals surface area contributed by atoms with Crippen molar-refractivity contribution in [2.24, 2.45) is 0 Å². The van der Waals surface area contributed by atoms with E-state index >= 15 is 0 Å². The van der Waals surface area contributed by atoms with Crippen LogP contribution in [0.2, 0.25) is 0 Å². The molecule has 0 unspecified atom stereocenters. The Morgan fingerprint density at radius 2 is 2.12 bits per heavy atom. The molecule has 0 saturated carbocycles. The highest BCUT2D eigenvalue weighted by Crippen LogP contribution is 2.27. The van der Waals surface area contributed by atoms with Crippen molar-refractivity contribution in [2.75, 3.05) is 16.8 Å². The summed E-state index contributed by atoms with van der Waals surface area (Å²) in [6.45, 7) is 1.93. The molecule has 0 radical (unpaired) electrons. The predicted molar refractivity (Wildman–Crippen MR) is 95.2 cm³/mol. The van der Waals surface area contributed by atoms with Crippen LogP contribution in [0.3, 0.4) is 0 Å². The molecule has 4 aromatic rings. The molecule has 1 aliphatic heterocycles. The van der Waals surface area contributed by atoms with Gasteiger partial charge in [0.25, 0.3) is 0 Å². The van der Waals surface area contributed by atoms with Crippen molar-refractivity contribution in [3.8, 4) is 0 Å². The van der Waals surface area contributed by atoms with E-state index in [2.05, 4.69) is 47.3 Å². The van der Waals surface area contributed by atoms with Gasteiger partial charge in [-0.1, -0.05) is 0 Å². The van der Waals surface area contributed by atoms with Crippen molar-refractivity contribution in [1.29, 1.82) is 0 Å². The molecule has 0 fully saturated rings. The van der Waals surface area contributed by atoms with Gasteiger partial charge in [0, 0.05) is 18.0 Å². The summed E-state index contributed by atoms with van der Waals surface area (Å²) in [6, 6.07) is 9.90. The van der Waals surface area contributed by atoms with Crippen molar-refractivity contribution in [2.45, 2.75) is 13.0 Å². The molecule has 9 heteroatoms. The zero-order chi connectivity index (χ0) is 16.6. The van der Waals surface area contributed by atoms with Crippen molar-refractivity contribution in [3.63, 3.8) is 0 Å². The molecule has 1 N–H and O–H groups in total. The molecule has 0 spiro atoms. The van der Waals surface area contributed by atoms with Crippen LogP contribution in [-0.4, -0.2) is 36.8 Å². The molecule has 0 aromatic carbocycles. The number of fused-ring (bicyclic) bond motifs is 2. The van der Waals surface area contributed by atoms with Crippen LogP contribution in [0, 0.1) is 0 Å². The fourth-order valence-electron chi connectivity index (χ4n) is 2.96. The minimum absolute atomic E-state index is 0.608. The Morgan fingerprint density at radius 1 is 1.12 bits per heavy atom. The van der Waals surface area contributed by atoms with Crippen molar-refractivity contribution >= 4 is 34.3 Å². The van der Waals surface area contributed by atoms with Gasteiger partial charge in [-0.25, -0.2) is 4.98 Å². The van der Waals surface area contributed by atoms with Crippen LogP contribution in [0.4, 0.5) is 17.3 Å². The van der Waals surface area contributed by atoms with Crippen molar-refractivity contribution < 1.29 is 0 Å². The standard InChI is InChI=1S/C16H14N8S/c1-3-15(23-7-5-13-11(10-23)6-8-25-13)17-9-12(1)18-14-2-4-16-19-21-22-24(16)20-14/h1-4,6,8-9H,5,7,10H2,(H,18,20). The molecule has 5 heterocycles. The summed E-state index contributed by atoms with van der Waals surface area (Å²) >= 11 is 1.85. The summed E-state index contributed by atoms with van der Waals surface area (Å²) in [6.07, 6.45) is 2.91. The van der Waals surface area contributed by atoms with Gasteiger partial charge in [-0.2, -0.15) is 0 Å². The van der Waals surface area contributed by atoms with Gasteiger partial charge in [0.15, 0.2) is 11.5 Å². The van der Waals surface area contributed by atoms with Crippen molar-refractivity contribution in [1.82, 2.24) is 30.2 Å². The molecule has 1 aliphatic rings. The van der Waals surface area contributed by atoms with E-state index < -0.39 is 0 Å². The Balaban J connectivity index is 1.33. The number of nitrogens with one attached hydrogen (secondary N) is 1. The number of hydrogen-bond acceptors (Lipinski definition) is 8. The largest absolute Gasteiger partial charge is 0.352 e. The summed E-state index contributed by atoms with van der Waals surface area (Å²) in [5.41, 5.74) is 2.90. The highest BCUT2D eigenvalue weighted by molar-refractivity contribution is 7.10. The number of tetrazole rings is 1. The van der Waals surface area contributed by atoms with Gasteiger partial charge >= 0.3 is 0 Å². The second-order valence-electron chi connectivity index (χ2n) is 5.82. The first-order valence-corrected chi connectivity index (χ1v) is 8.82. The molecule has 0 amide bonds. The molecule has 0 atom stereocenters. The summed E-state index contributed by atoms with van der Waals surface area (Å²) < 4.78 is 1.39. The molecule has 0 saturated heterocycles. The monoisotopic (exact) mass is 350 g/mol. The molecule has 25 heavy (non-hydrogen) atoms. The zero-order valence-corrected chi connectivity index (χ0v) is 14.0. The second-order valence-corrected chi connectivity index (χ2v) is 6.82. The number of thiophene rings is 1. The number of rotatable bonds is 3. The van der Waals surface area contributed by atoms with E-state index in [-0.39, 0.29) is 0 Å². The Hall–Kier alpha value is -3.07. The van der Waals surface area contributed by atoms with E-state index in [0.717, 1.165) is 31.0 Å². The van der Waals surface area contributed by atoms with Gasteiger partial charge in [-0.3, -0.25) is 0 Å². The molecule has 5 rings (SSSR count). The van der Waals surface area contributed by atoms with Crippen LogP contribution in [0.25, 0.3) is 5.65 Å². The SMILES string of the molecule is c1cc2c(s1)CCN(c1ccc(Nc3ccc4nnnn4n3)cn1)C2. The van der Waals surface area contributed by atoms with Crippen LogP contribution in [0.15, 0.2) is 41.9 Å². The van der Waals surface area contributed by atoms with E-state index in [9.17, 15) is 0 Å². The third-order valence-electron chi connectivity index (χ3n) is 4.22.